The number of esters is 1. The summed E-state index contributed by atoms with van der Waals surface area (Å²) in [5.74, 6) is -1.38. The number of nitrogens with one attached hydrogen (secondary N) is 2. The third-order valence-corrected chi connectivity index (χ3v) is 19.2. The van der Waals surface area contributed by atoms with Crippen LogP contribution in [0.5, 0.6) is 0 Å². The summed E-state index contributed by atoms with van der Waals surface area (Å²) < 4.78 is 6.42. The molecule has 0 spiro atoms. The minimum Gasteiger partial charge on any atom is -0.481 e. The van der Waals surface area contributed by atoms with Gasteiger partial charge in [-0.05, 0) is 158 Å². The van der Waals surface area contributed by atoms with Gasteiger partial charge in [0.2, 0.25) is 5.91 Å². The largest absolute Gasteiger partial charge is 0.481 e. The number of fused-ring (bicyclic) bond motifs is 7. The standard InChI is InChI=1S/C49H67ClN2O7/c1-27(2)37-33(53)26-49(52-42(58)48(19-10-20-48)51-39(54)28-11-13-29(50)14-12-28)24-23-46(8)30(38(37)49)15-16-35-45(7)21-18-36(44(5,6)34(45)17-22-47(35,46)9)59-41(57)32-25-31(40(55)56)43(32,3)4/h11-14,27,30-32,34-36H,10,15-26H2,1-9H3,(H,51,54)(H,52,58)(H,55,56)/t30-,31+,32-,34+,35-,36+,45+,46-,47-,49-/m1/s1. The number of Topliss-reactive ketones (excluding diaryl/α,β-unsaturated/α-hetero) is 1. The molecule has 59 heavy (non-hydrogen) atoms. The minimum atomic E-state index is -1.02. The lowest BCUT2D eigenvalue weighted by atomic mass is 9.33. The third-order valence-electron chi connectivity index (χ3n) is 18.9. The molecule has 8 rings (SSSR count). The number of hydrogen-bond acceptors (Lipinski definition) is 6. The predicted octanol–water partition coefficient (Wildman–Crippen LogP) is 9.50. The number of ketones is 1. The molecule has 0 unspecified atom stereocenters. The van der Waals surface area contributed by atoms with E-state index in [0.717, 1.165) is 56.9 Å². The Morgan fingerprint density at radius 1 is 0.780 bits per heavy atom. The van der Waals surface area contributed by atoms with Gasteiger partial charge in [-0.3, -0.25) is 24.0 Å². The van der Waals surface area contributed by atoms with E-state index in [4.69, 9.17) is 16.3 Å². The zero-order valence-electron chi connectivity index (χ0n) is 36.8. The Hall–Kier alpha value is -3.20. The molecule has 2 amide bonds. The number of carbonyl (C=O) groups excluding carboxylic acids is 4. The summed E-state index contributed by atoms with van der Waals surface area (Å²) in [6.45, 7) is 20.1. The lowest BCUT2D eigenvalue weighted by molar-refractivity contribution is -0.235. The van der Waals surface area contributed by atoms with Gasteiger partial charge >= 0.3 is 11.9 Å². The Bertz CT molecular complexity index is 2000. The Morgan fingerprint density at radius 3 is 2.05 bits per heavy atom. The van der Waals surface area contributed by atoms with Gasteiger partial charge in [-0.2, -0.15) is 0 Å². The van der Waals surface area contributed by atoms with E-state index in [2.05, 4.69) is 59.1 Å². The highest BCUT2D eigenvalue weighted by atomic mass is 35.5. The number of rotatable bonds is 8. The molecule has 6 saturated carbocycles. The molecule has 0 aromatic heterocycles. The smallest absolute Gasteiger partial charge is 0.309 e. The van der Waals surface area contributed by atoms with Crippen LogP contribution >= 0.6 is 11.6 Å². The van der Waals surface area contributed by atoms with Gasteiger partial charge in [0, 0.05) is 22.4 Å². The quantitative estimate of drug-likeness (QED) is 0.222. The van der Waals surface area contributed by atoms with Gasteiger partial charge in [0.05, 0.1) is 17.4 Å². The number of benzene rings is 1. The van der Waals surface area contributed by atoms with Gasteiger partial charge in [0.15, 0.2) is 5.78 Å². The average molecular weight is 832 g/mol. The number of allylic oxidation sites excluding steroid dienone is 1. The molecule has 10 atom stereocenters. The normalized spacial score (nSPS) is 39.9. The molecule has 322 valence electrons. The summed E-state index contributed by atoms with van der Waals surface area (Å²) in [6.07, 6.45) is 9.74. The van der Waals surface area contributed by atoms with Crippen molar-refractivity contribution >= 4 is 41.1 Å². The average Bonchev–Trinajstić information content (AvgIpc) is 3.42. The van der Waals surface area contributed by atoms with E-state index in [9.17, 15) is 29.1 Å². The highest BCUT2D eigenvalue weighted by Crippen LogP contribution is 2.76. The fourth-order valence-corrected chi connectivity index (χ4v) is 15.2. The second kappa shape index (κ2) is 13.9. The van der Waals surface area contributed by atoms with Crippen LogP contribution in [0.25, 0.3) is 0 Å². The second-order valence-electron chi connectivity index (χ2n) is 22.4. The molecular formula is C49H67ClN2O7. The molecule has 1 aromatic carbocycles. The van der Waals surface area contributed by atoms with Crippen LogP contribution in [-0.2, 0) is 23.9 Å². The summed E-state index contributed by atoms with van der Waals surface area (Å²) in [5.41, 5.74) is -0.211. The first kappa shape index (κ1) is 42.5. The number of aliphatic carboxylic acids is 1. The van der Waals surface area contributed by atoms with E-state index in [0.29, 0.717) is 48.1 Å². The van der Waals surface area contributed by atoms with E-state index in [-0.39, 0.29) is 69.6 Å². The van der Waals surface area contributed by atoms with Crippen molar-refractivity contribution in [1.29, 1.82) is 0 Å². The lowest BCUT2D eigenvalue weighted by Gasteiger charge is -2.72. The SMILES string of the molecule is CC(C)C1=C2[C@H]3CC[C@@H]4[C@@]5(C)CC[C@H](OC(=O)[C@H]6C[C@@H](C(=O)O)C6(C)C)C(C)(C)[C@@H]5CC[C@@]4(C)[C@]3(C)CC[C@@]2(NC(=O)C2(NC(=O)c3ccc(Cl)cc3)CCC2)CC1=O. The van der Waals surface area contributed by atoms with Crippen molar-refractivity contribution in [2.75, 3.05) is 0 Å². The Kier molecular flexibility index (Phi) is 10.0. The van der Waals surface area contributed by atoms with Crippen molar-refractivity contribution in [3.8, 4) is 0 Å². The molecule has 0 bridgehead atoms. The van der Waals surface area contributed by atoms with Crippen molar-refractivity contribution in [2.24, 2.45) is 62.6 Å². The number of carboxylic acid groups (broad SMARTS) is 1. The van der Waals surface area contributed by atoms with Gasteiger partial charge in [0.1, 0.15) is 11.6 Å². The summed E-state index contributed by atoms with van der Waals surface area (Å²) in [7, 11) is 0. The van der Waals surface area contributed by atoms with E-state index in [1.165, 1.54) is 5.57 Å². The third kappa shape index (κ3) is 6.06. The second-order valence-corrected chi connectivity index (χ2v) is 22.9. The Balaban J connectivity index is 1.05. The van der Waals surface area contributed by atoms with Crippen molar-refractivity contribution in [2.45, 2.75) is 163 Å². The maximum atomic E-state index is 14.6. The monoisotopic (exact) mass is 830 g/mol. The lowest BCUT2D eigenvalue weighted by Crippen LogP contribution is -2.70. The van der Waals surface area contributed by atoms with Gasteiger partial charge < -0.3 is 20.5 Å². The van der Waals surface area contributed by atoms with Crippen LogP contribution in [0.2, 0.25) is 5.02 Å². The molecule has 3 N–H and O–H groups in total. The van der Waals surface area contributed by atoms with Crippen molar-refractivity contribution in [3.63, 3.8) is 0 Å². The van der Waals surface area contributed by atoms with Crippen molar-refractivity contribution < 1.29 is 33.8 Å². The molecule has 0 radical (unpaired) electrons. The molecule has 9 nitrogen and oxygen atoms in total. The van der Waals surface area contributed by atoms with Gasteiger partial charge in [-0.15, -0.1) is 0 Å². The van der Waals surface area contributed by atoms with Crippen LogP contribution in [0.3, 0.4) is 0 Å². The number of carbonyl (C=O) groups is 5. The number of carboxylic acids is 1. The topological polar surface area (TPSA) is 139 Å². The highest BCUT2D eigenvalue weighted by Gasteiger charge is 2.71. The van der Waals surface area contributed by atoms with Crippen LogP contribution in [0.4, 0.5) is 0 Å². The van der Waals surface area contributed by atoms with Gasteiger partial charge in [-0.25, -0.2) is 0 Å². The molecule has 10 heteroatoms. The van der Waals surface area contributed by atoms with Crippen molar-refractivity contribution in [3.05, 3.63) is 46.0 Å². The maximum Gasteiger partial charge on any atom is 0.309 e. The fourth-order valence-electron chi connectivity index (χ4n) is 15.1. The van der Waals surface area contributed by atoms with E-state index >= 15 is 0 Å². The first-order valence-electron chi connectivity index (χ1n) is 22.6. The molecular weight excluding hydrogens is 764 g/mol. The van der Waals surface area contributed by atoms with Gasteiger partial charge in [-0.1, -0.05) is 73.9 Å². The molecule has 0 saturated heterocycles. The molecule has 7 aliphatic rings. The van der Waals surface area contributed by atoms with E-state index in [1.807, 2.05) is 13.8 Å². The minimum absolute atomic E-state index is 0.0127. The summed E-state index contributed by atoms with van der Waals surface area (Å²) in [4.78, 5) is 67.8. The molecule has 0 heterocycles. The van der Waals surface area contributed by atoms with E-state index in [1.54, 1.807) is 24.3 Å². The number of amides is 2. The zero-order chi connectivity index (χ0) is 42.9. The fraction of sp³-hybridized carbons (Fsp3) is 0.735. The van der Waals surface area contributed by atoms with Crippen LogP contribution in [0, 0.1) is 62.6 Å². The van der Waals surface area contributed by atoms with Gasteiger partial charge in [0.25, 0.3) is 5.91 Å². The van der Waals surface area contributed by atoms with Crippen molar-refractivity contribution in [1.82, 2.24) is 10.6 Å². The van der Waals surface area contributed by atoms with E-state index < -0.39 is 34.3 Å². The highest BCUT2D eigenvalue weighted by molar-refractivity contribution is 6.30. The maximum absolute atomic E-state index is 14.6. The first-order chi connectivity index (χ1) is 27.5. The molecule has 1 aromatic rings. The predicted molar refractivity (Wildman–Crippen MR) is 226 cm³/mol. The van der Waals surface area contributed by atoms with Crippen LogP contribution in [0.15, 0.2) is 35.4 Å². The molecule has 7 aliphatic carbocycles. The Morgan fingerprint density at radius 2 is 1.46 bits per heavy atom. The number of hydrogen-bond donors (Lipinski definition) is 3. The van der Waals surface area contributed by atoms with Crippen LogP contribution in [0.1, 0.15) is 156 Å². The Labute approximate surface area is 356 Å². The number of ether oxygens (including phenoxy) is 1. The van der Waals surface area contributed by atoms with Crippen LogP contribution < -0.4 is 10.6 Å². The molecule has 0 aliphatic heterocycles. The zero-order valence-corrected chi connectivity index (χ0v) is 37.6. The summed E-state index contributed by atoms with van der Waals surface area (Å²) in [5, 5.41) is 16.9. The molecule has 6 fully saturated rings. The number of halogens is 1. The summed E-state index contributed by atoms with van der Waals surface area (Å²) >= 11 is 6.09. The summed E-state index contributed by atoms with van der Waals surface area (Å²) in [6, 6.07) is 6.71. The first-order valence-corrected chi connectivity index (χ1v) is 23.0. The van der Waals surface area contributed by atoms with Crippen LogP contribution in [-0.4, -0.2) is 51.8 Å².